The Morgan fingerprint density at radius 2 is 1.92 bits per heavy atom. The molecule has 1 aromatic heterocycles. The molecule has 1 aliphatic carbocycles. The summed E-state index contributed by atoms with van der Waals surface area (Å²) in [5.41, 5.74) is 2.26. The molecule has 6 heteroatoms. The minimum Gasteiger partial charge on any atom is -0.373 e. The molecule has 1 saturated heterocycles. The van der Waals surface area contributed by atoms with E-state index < -0.39 is 0 Å². The largest absolute Gasteiger partial charge is 0.373 e. The van der Waals surface area contributed by atoms with Gasteiger partial charge in [-0.15, -0.1) is 0 Å². The number of carbonyl (C=O) groups is 1. The van der Waals surface area contributed by atoms with Crippen LogP contribution < -0.4 is 5.32 Å². The topological polar surface area (TPSA) is 61.4 Å². The van der Waals surface area contributed by atoms with Gasteiger partial charge in [-0.05, 0) is 39.3 Å². The van der Waals surface area contributed by atoms with Gasteiger partial charge in [0.25, 0.3) is 0 Å². The van der Waals surface area contributed by atoms with Crippen molar-refractivity contribution in [2.75, 3.05) is 39.0 Å². The molecule has 3 aliphatic rings. The quantitative estimate of drug-likeness (QED) is 0.900. The summed E-state index contributed by atoms with van der Waals surface area (Å²) in [6, 6.07) is 0. The molecule has 1 aromatic rings. The number of anilines is 1. The number of nitrogens with zero attached hydrogens (tertiary/aromatic N) is 4. The Morgan fingerprint density at radius 3 is 2.65 bits per heavy atom. The lowest BCUT2D eigenvalue weighted by atomic mass is 9.96. The highest BCUT2D eigenvalue weighted by Gasteiger charge is 2.32. The van der Waals surface area contributed by atoms with Crippen molar-refractivity contribution in [1.82, 2.24) is 19.8 Å². The Hall–Kier alpha value is -1.69. The molecule has 0 aromatic carbocycles. The van der Waals surface area contributed by atoms with Gasteiger partial charge in [0.1, 0.15) is 11.6 Å². The molecule has 4 rings (SSSR count). The Labute approximate surface area is 156 Å². The van der Waals surface area contributed by atoms with Crippen LogP contribution in [0.3, 0.4) is 0 Å². The molecule has 0 unspecified atom stereocenters. The van der Waals surface area contributed by atoms with E-state index >= 15 is 0 Å². The fourth-order valence-corrected chi connectivity index (χ4v) is 4.82. The van der Waals surface area contributed by atoms with Gasteiger partial charge < -0.3 is 15.1 Å². The Kier molecular flexibility index (Phi) is 5.11. The molecule has 3 heterocycles. The van der Waals surface area contributed by atoms with Gasteiger partial charge in [-0.2, -0.15) is 0 Å². The maximum atomic E-state index is 12.8. The molecule has 142 valence electrons. The molecule has 1 saturated carbocycles. The number of hydrogen-bond acceptors (Lipinski definition) is 5. The predicted molar refractivity (Wildman–Crippen MR) is 102 cm³/mol. The van der Waals surface area contributed by atoms with Crippen molar-refractivity contribution >= 4 is 11.7 Å². The van der Waals surface area contributed by atoms with E-state index in [1.54, 1.807) is 0 Å². The molecule has 0 spiro atoms. The smallest absolute Gasteiger partial charge is 0.225 e. The second kappa shape index (κ2) is 7.51. The van der Waals surface area contributed by atoms with E-state index in [2.05, 4.69) is 17.3 Å². The van der Waals surface area contributed by atoms with Crippen LogP contribution in [0.5, 0.6) is 0 Å². The first-order valence-electron chi connectivity index (χ1n) is 10.2. The van der Waals surface area contributed by atoms with Gasteiger partial charge >= 0.3 is 0 Å². The number of amides is 1. The summed E-state index contributed by atoms with van der Waals surface area (Å²) < 4.78 is 0. The fourth-order valence-electron chi connectivity index (χ4n) is 4.82. The van der Waals surface area contributed by atoms with Crippen molar-refractivity contribution in [3.63, 3.8) is 0 Å². The lowest BCUT2D eigenvalue weighted by Crippen LogP contribution is -2.40. The second-order valence-electron chi connectivity index (χ2n) is 8.20. The molecule has 1 N–H and O–H groups in total. The van der Waals surface area contributed by atoms with Crippen molar-refractivity contribution < 1.29 is 4.79 Å². The first-order chi connectivity index (χ1) is 12.7. The minimum atomic E-state index is 0.243. The van der Waals surface area contributed by atoms with Crippen LogP contribution >= 0.6 is 0 Å². The van der Waals surface area contributed by atoms with Gasteiger partial charge in [0.2, 0.25) is 5.91 Å². The molecule has 1 atom stereocenters. The molecule has 0 bridgehead atoms. The number of hydrogen-bond donors (Lipinski definition) is 1. The van der Waals surface area contributed by atoms with Gasteiger partial charge in [-0.3, -0.25) is 4.79 Å². The standard InChI is InChI=1S/C20H31N5O/c1-21-19-16-13-25(20(26)14-6-3-4-7-14)11-9-17(16)22-18(23-19)15-8-5-10-24(2)12-15/h14-15H,3-13H2,1-2H3,(H,21,22,23)/t15-/m1/s1. The number of fused-ring (bicyclic) bond motifs is 1. The van der Waals surface area contributed by atoms with E-state index in [1.807, 2.05) is 11.9 Å². The Bertz CT molecular complexity index is 653. The molecule has 2 aliphatic heterocycles. The van der Waals surface area contributed by atoms with Crippen LogP contribution in [0.1, 0.15) is 61.5 Å². The van der Waals surface area contributed by atoms with Crippen LogP contribution in [0.2, 0.25) is 0 Å². The lowest BCUT2D eigenvalue weighted by molar-refractivity contribution is -0.136. The average molecular weight is 358 g/mol. The van der Waals surface area contributed by atoms with E-state index in [0.717, 1.165) is 55.3 Å². The molecule has 0 radical (unpaired) electrons. The molecular weight excluding hydrogens is 326 g/mol. The Morgan fingerprint density at radius 1 is 1.12 bits per heavy atom. The summed E-state index contributed by atoms with van der Waals surface area (Å²) in [5.74, 6) is 2.91. The molecule has 1 amide bonds. The van der Waals surface area contributed by atoms with E-state index in [-0.39, 0.29) is 5.92 Å². The Balaban J connectivity index is 1.55. The summed E-state index contributed by atoms with van der Waals surface area (Å²) in [4.78, 5) is 27.1. The normalized spacial score (nSPS) is 24.5. The third-order valence-electron chi connectivity index (χ3n) is 6.32. The van der Waals surface area contributed by atoms with Gasteiger partial charge in [0.15, 0.2) is 0 Å². The monoisotopic (exact) mass is 357 g/mol. The summed E-state index contributed by atoms with van der Waals surface area (Å²) in [6.45, 7) is 3.66. The molecule has 6 nitrogen and oxygen atoms in total. The summed E-state index contributed by atoms with van der Waals surface area (Å²) in [6.07, 6.45) is 7.74. The van der Waals surface area contributed by atoms with Gasteiger partial charge in [-0.1, -0.05) is 12.8 Å². The predicted octanol–water partition coefficient (Wildman–Crippen LogP) is 2.40. The summed E-state index contributed by atoms with van der Waals surface area (Å²) in [5, 5.41) is 3.27. The van der Waals surface area contributed by atoms with E-state index in [9.17, 15) is 4.79 Å². The van der Waals surface area contributed by atoms with Crippen LogP contribution in [-0.4, -0.2) is 59.4 Å². The molecule has 26 heavy (non-hydrogen) atoms. The van der Waals surface area contributed by atoms with Gasteiger partial charge in [0, 0.05) is 44.0 Å². The number of rotatable bonds is 3. The van der Waals surface area contributed by atoms with E-state index in [4.69, 9.17) is 9.97 Å². The lowest BCUT2D eigenvalue weighted by Gasteiger charge is -2.33. The highest BCUT2D eigenvalue weighted by Crippen LogP contribution is 2.32. The van der Waals surface area contributed by atoms with Crippen LogP contribution in [0, 0.1) is 5.92 Å². The van der Waals surface area contributed by atoms with Crippen molar-refractivity contribution in [3.8, 4) is 0 Å². The molecule has 2 fully saturated rings. The van der Waals surface area contributed by atoms with Crippen LogP contribution in [0.15, 0.2) is 0 Å². The van der Waals surface area contributed by atoms with E-state index in [0.29, 0.717) is 18.4 Å². The van der Waals surface area contributed by atoms with Gasteiger partial charge in [-0.25, -0.2) is 9.97 Å². The summed E-state index contributed by atoms with van der Waals surface area (Å²) >= 11 is 0. The fraction of sp³-hybridized carbons (Fsp3) is 0.750. The number of aromatic nitrogens is 2. The zero-order valence-electron chi connectivity index (χ0n) is 16.1. The molecular formula is C20H31N5O. The first-order valence-corrected chi connectivity index (χ1v) is 10.2. The number of likely N-dealkylation sites (N-methyl/N-ethyl adjacent to an activating group) is 1. The highest BCUT2D eigenvalue weighted by atomic mass is 16.2. The number of carbonyl (C=O) groups excluding carboxylic acids is 1. The SMILES string of the molecule is CNc1nc([C@@H]2CCCN(C)C2)nc2c1CN(C(=O)C1CCCC1)CC2. The van der Waals surface area contributed by atoms with Crippen molar-refractivity contribution in [2.24, 2.45) is 5.92 Å². The van der Waals surface area contributed by atoms with Crippen LogP contribution in [0.25, 0.3) is 0 Å². The van der Waals surface area contributed by atoms with Gasteiger partial charge in [0.05, 0.1) is 12.2 Å². The zero-order valence-corrected chi connectivity index (χ0v) is 16.1. The summed E-state index contributed by atoms with van der Waals surface area (Å²) in [7, 11) is 4.10. The van der Waals surface area contributed by atoms with Crippen molar-refractivity contribution in [3.05, 3.63) is 17.1 Å². The van der Waals surface area contributed by atoms with Crippen LogP contribution in [0.4, 0.5) is 5.82 Å². The maximum absolute atomic E-state index is 12.8. The third kappa shape index (κ3) is 3.43. The van der Waals surface area contributed by atoms with Crippen molar-refractivity contribution in [2.45, 2.75) is 57.4 Å². The number of likely N-dealkylation sites (tertiary alicyclic amines) is 1. The first kappa shape index (κ1) is 17.7. The number of nitrogens with one attached hydrogen (secondary N) is 1. The third-order valence-corrected chi connectivity index (χ3v) is 6.32. The van der Waals surface area contributed by atoms with Crippen LogP contribution in [-0.2, 0) is 17.8 Å². The maximum Gasteiger partial charge on any atom is 0.225 e. The minimum absolute atomic E-state index is 0.243. The average Bonchev–Trinajstić information content (AvgIpc) is 3.21. The van der Waals surface area contributed by atoms with Crippen molar-refractivity contribution in [1.29, 1.82) is 0 Å². The second-order valence-corrected chi connectivity index (χ2v) is 8.20. The zero-order chi connectivity index (χ0) is 18.1. The van der Waals surface area contributed by atoms with E-state index in [1.165, 1.54) is 32.2 Å². The highest BCUT2D eigenvalue weighted by molar-refractivity contribution is 5.79. The number of piperidine rings is 1.